The number of carbonyl (C=O) groups is 1. The van der Waals surface area contributed by atoms with E-state index in [0.29, 0.717) is 6.61 Å². The van der Waals surface area contributed by atoms with Gasteiger partial charge in [0.15, 0.2) is 0 Å². The number of rotatable bonds is 2. The largest absolute Gasteiger partial charge is 0.465 e. The molecule has 0 amide bonds. The SMILES string of the molecule is CC(=O)OCC1C=CCC=C1. The molecular formula is C9H12O2. The maximum Gasteiger partial charge on any atom is 0.302 e. The molecule has 0 aromatic carbocycles. The molecule has 60 valence electrons. The molecule has 0 heterocycles. The summed E-state index contributed by atoms with van der Waals surface area (Å²) in [6, 6.07) is 0. The molecular weight excluding hydrogens is 140 g/mol. The van der Waals surface area contributed by atoms with Crippen LogP contribution in [0.2, 0.25) is 0 Å². The first-order valence-corrected chi connectivity index (χ1v) is 3.76. The first-order valence-electron chi connectivity index (χ1n) is 3.76. The van der Waals surface area contributed by atoms with Crippen LogP contribution in [0, 0.1) is 5.92 Å². The topological polar surface area (TPSA) is 26.3 Å². The molecule has 1 aliphatic rings. The smallest absolute Gasteiger partial charge is 0.302 e. The first kappa shape index (κ1) is 8.05. The van der Waals surface area contributed by atoms with Crippen LogP contribution in [0.1, 0.15) is 13.3 Å². The van der Waals surface area contributed by atoms with Gasteiger partial charge in [0, 0.05) is 12.8 Å². The molecule has 0 aromatic heterocycles. The fraction of sp³-hybridized carbons (Fsp3) is 0.444. The van der Waals surface area contributed by atoms with Gasteiger partial charge in [0.05, 0.1) is 0 Å². The van der Waals surface area contributed by atoms with Gasteiger partial charge in [-0.3, -0.25) is 4.79 Å². The Balaban J connectivity index is 2.25. The van der Waals surface area contributed by atoms with Gasteiger partial charge in [-0.1, -0.05) is 24.3 Å². The molecule has 2 heteroatoms. The van der Waals surface area contributed by atoms with Crippen LogP contribution in [0.25, 0.3) is 0 Å². The molecule has 0 aromatic rings. The van der Waals surface area contributed by atoms with Gasteiger partial charge >= 0.3 is 5.97 Å². The maximum absolute atomic E-state index is 10.4. The number of allylic oxidation sites excluding steroid dienone is 2. The van der Waals surface area contributed by atoms with Crippen molar-refractivity contribution < 1.29 is 9.53 Å². The molecule has 0 radical (unpaired) electrons. The van der Waals surface area contributed by atoms with Crippen LogP contribution in [0.15, 0.2) is 24.3 Å². The molecule has 1 rings (SSSR count). The Hall–Kier alpha value is -1.05. The molecule has 0 bridgehead atoms. The van der Waals surface area contributed by atoms with Crippen LogP contribution in [0.3, 0.4) is 0 Å². The van der Waals surface area contributed by atoms with Crippen molar-refractivity contribution in [3.05, 3.63) is 24.3 Å². The summed E-state index contributed by atoms with van der Waals surface area (Å²) in [7, 11) is 0. The third-order valence-corrected chi connectivity index (χ3v) is 1.52. The highest BCUT2D eigenvalue weighted by atomic mass is 16.5. The Morgan fingerprint density at radius 3 is 2.73 bits per heavy atom. The van der Waals surface area contributed by atoms with Gasteiger partial charge < -0.3 is 4.74 Å². The van der Waals surface area contributed by atoms with Gasteiger partial charge in [-0.15, -0.1) is 0 Å². The summed E-state index contributed by atoms with van der Waals surface area (Å²) in [6.07, 6.45) is 9.27. The lowest BCUT2D eigenvalue weighted by Crippen LogP contribution is -2.09. The van der Waals surface area contributed by atoms with E-state index in [-0.39, 0.29) is 11.9 Å². The van der Waals surface area contributed by atoms with Crippen molar-refractivity contribution in [1.29, 1.82) is 0 Å². The molecule has 0 aliphatic heterocycles. The predicted octanol–water partition coefficient (Wildman–Crippen LogP) is 1.68. The lowest BCUT2D eigenvalue weighted by atomic mass is 10.1. The van der Waals surface area contributed by atoms with Crippen LogP contribution < -0.4 is 0 Å². The standard InChI is InChI=1S/C9H12O2/c1-8(10)11-7-9-5-3-2-4-6-9/h3-6,9H,2,7H2,1H3. The summed E-state index contributed by atoms with van der Waals surface area (Å²) >= 11 is 0. The van der Waals surface area contributed by atoms with Crippen molar-refractivity contribution in [2.24, 2.45) is 5.92 Å². The Bertz CT molecular complexity index is 180. The van der Waals surface area contributed by atoms with E-state index in [4.69, 9.17) is 4.74 Å². The number of hydrogen-bond acceptors (Lipinski definition) is 2. The van der Waals surface area contributed by atoms with E-state index >= 15 is 0 Å². The Labute approximate surface area is 66.5 Å². The van der Waals surface area contributed by atoms with E-state index in [9.17, 15) is 4.79 Å². The van der Waals surface area contributed by atoms with Gasteiger partial charge in [-0.25, -0.2) is 0 Å². The number of esters is 1. The second kappa shape index (κ2) is 3.96. The van der Waals surface area contributed by atoms with Crippen LogP contribution in [-0.4, -0.2) is 12.6 Å². The highest BCUT2D eigenvalue weighted by molar-refractivity contribution is 5.65. The number of ether oxygens (including phenoxy) is 1. The van der Waals surface area contributed by atoms with Crippen molar-refractivity contribution in [2.75, 3.05) is 6.61 Å². The fourth-order valence-electron chi connectivity index (χ4n) is 0.974. The second-order valence-electron chi connectivity index (χ2n) is 2.56. The van der Waals surface area contributed by atoms with Crippen molar-refractivity contribution in [1.82, 2.24) is 0 Å². The van der Waals surface area contributed by atoms with E-state index in [0.717, 1.165) is 6.42 Å². The molecule has 11 heavy (non-hydrogen) atoms. The zero-order valence-corrected chi connectivity index (χ0v) is 6.62. The van der Waals surface area contributed by atoms with Crippen molar-refractivity contribution in [2.45, 2.75) is 13.3 Å². The van der Waals surface area contributed by atoms with Crippen LogP contribution in [0.5, 0.6) is 0 Å². The third-order valence-electron chi connectivity index (χ3n) is 1.52. The van der Waals surface area contributed by atoms with E-state index < -0.39 is 0 Å². The number of carbonyl (C=O) groups excluding carboxylic acids is 1. The quantitative estimate of drug-likeness (QED) is 0.444. The van der Waals surface area contributed by atoms with Crippen molar-refractivity contribution in [3.8, 4) is 0 Å². The highest BCUT2D eigenvalue weighted by Gasteiger charge is 2.03. The zero-order valence-electron chi connectivity index (χ0n) is 6.62. The lowest BCUT2D eigenvalue weighted by Gasteiger charge is -2.09. The van der Waals surface area contributed by atoms with E-state index in [1.54, 1.807) is 0 Å². The van der Waals surface area contributed by atoms with Gasteiger partial charge in [0.2, 0.25) is 0 Å². The van der Waals surface area contributed by atoms with Gasteiger partial charge in [-0.05, 0) is 6.42 Å². The Kier molecular flexibility index (Phi) is 2.90. The van der Waals surface area contributed by atoms with Crippen LogP contribution in [0.4, 0.5) is 0 Å². The Morgan fingerprint density at radius 2 is 2.18 bits per heavy atom. The molecule has 0 saturated heterocycles. The Morgan fingerprint density at radius 1 is 1.55 bits per heavy atom. The summed E-state index contributed by atoms with van der Waals surface area (Å²) in [6.45, 7) is 1.90. The van der Waals surface area contributed by atoms with Crippen LogP contribution >= 0.6 is 0 Å². The van der Waals surface area contributed by atoms with Gasteiger partial charge in [-0.2, -0.15) is 0 Å². The predicted molar refractivity (Wildman–Crippen MR) is 43.0 cm³/mol. The molecule has 0 atom stereocenters. The van der Waals surface area contributed by atoms with Crippen molar-refractivity contribution >= 4 is 5.97 Å². The minimum Gasteiger partial charge on any atom is -0.465 e. The normalized spacial score (nSPS) is 16.8. The van der Waals surface area contributed by atoms with Crippen molar-refractivity contribution in [3.63, 3.8) is 0 Å². The summed E-state index contributed by atoms with van der Waals surface area (Å²) in [5, 5.41) is 0. The summed E-state index contributed by atoms with van der Waals surface area (Å²) in [4.78, 5) is 10.4. The zero-order chi connectivity index (χ0) is 8.10. The summed E-state index contributed by atoms with van der Waals surface area (Å²) in [5.74, 6) is 0.0741. The van der Waals surface area contributed by atoms with E-state index in [1.165, 1.54) is 6.92 Å². The number of hydrogen-bond donors (Lipinski definition) is 0. The minimum atomic E-state index is -0.211. The molecule has 0 saturated carbocycles. The molecule has 0 spiro atoms. The third kappa shape index (κ3) is 3.03. The summed E-state index contributed by atoms with van der Waals surface area (Å²) in [5.41, 5.74) is 0. The summed E-state index contributed by atoms with van der Waals surface area (Å²) < 4.78 is 4.84. The monoisotopic (exact) mass is 152 g/mol. The molecule has 2 nitrogen and oxygen atoms in total. The highest BCUT2D eigenvalue weighted by Crippen LogP contribution is 2.09. The lowest BCUT2D eigenvalue weighted by molar-refractivity contribution is -0.141. The molecule has 0 unspecified atom stereocenters. The van der Waals surface area contributed by atoms with Crippen LogP contribution in [-0.2, 0) is 9.53 Å². The second-order valence-corrected chi connectivity index (χ2v) is 2.56. The van der Waals surface area contributed by atoms with Gasteiger partial charge in [0.1, 0.15) is 6.61 Å². The van der Waals surface area contributed by atoms with Gasteiger partial charge in [0.25, 0.3) is 0 Å². The molecule has 0 N–H and O–H groups in total. The average molecular weight is 152 g/mol. The molecule has 1 aliphatic carbocycles. The van der Waals surface area contributed by atoms with E-state index in [2.05, 4.69) is 24.3 Å². The minimum absolute atomic E-state index is 0.211. The maximum atomic E-state index is 10.4. The fourth-order valence-corrected chi connectivity index (χ4v) is 0.974. The molecule has 0 fully saturated rings. The van der Waals surface area contributed by atoms with E-state index in [1.807, 2.05) is 0 Å². The first-order chi connectivity index (χ1) is 5.29. The average Bonchev–Trinajstić information content (AvgIpc) is 2.03.